The number of hydrogen-bond donors (Lipinski definition) is 1. The second-order valence-electron chi connectivity index (χ2n) is 5.23. The first-order chi connectivity index (χ1) is 7.47. The van der Waals surface area contributed by atoms with E-state index >= 15 is 0 Å². The van der Waals surface area contributed by atoms with Crippen molar-refractivity contribution in [3.05, 3.63) is 0 Å². The maximum atomic E-state index is 12.3. The molecule has 16 heavy (non-hydrogen) atoms. The minimum Gasteiger partial charge on any atom is -0.337 e. The predicted molar refractivity (Wildman–Crippen MR) is 66.1 cm³/mol. The lowest BCUT2D eigenvalue weighted by molar-refractivity contribution is -0.140. The molecule has 0 aromatic carbocycles. The zero-order chi connectivity index (χ0) is 12.3. The molecule has 0 aromatic rings. The summed E-state index contributed by atoms with van der Waals surface area (Å²) in [6.45, 7) is 9.45. The fourth-order valence-electron chi connectivity index (χ4n) is 2.34. The molecule has 1 heterocycles. The third-order valence-corrected chi connectivity index (χ3v) is 3.49. The van der Waals surface area contributed by atoms with Crippen LogP contribution in [-0.4, -0.2) is 55.0 Å². The molecule has 1 rings (SSSR count). The second kappa shape index (κ2) is 5.64. The fourth-order valence-corrected chi connectivity index (χ4v) is 2.34. The van der Waals surface area contributed by atoms with E-state index in [-0.39, 0.29) is 11.8 Å². The number of piperazine rings is 1. The molecule has 2 unspecified atom stereocenters. The van der Waals surface area contributed by atoms with Gasteiger partial charge in [-0.3, -0.25) is 4.79 Å². The van der Waals surface area contributed by atoms with E-state index in [1.165, 1.54) is 0 Å². The summed E-state index contributed by atoms with van der Waals surface area (Å²) in [6, 6.07) is 0.305. The Morgan fingerprint density at radius 2 is 2.06 bits per heavy atom. The minimum atomic E-state index is -0.0224. The molecule has 4 nitrogen and oxygen atoms in total. The molecule has 0 saturated carbocycles. The first-order valence-electron chi connectivity index (χ1n) is 6.16. The summed E-state index contributed by atoms with van der Waals surface area (Å²) in [4.78, 5) is 16.6. The molecular formula is C12H25N3O. The van der Waals surface area contributed by atoms with Gasteiger partial charge >= 0.3 is 0 Å². The van der Waals surface area contributed by atoms with Crippen molar-refractivity contribution in [2.75, 3.05) is 33.2 Å². The van der Waals surface area contributed by atoms with Gasteiger partial charge in [0.2, 0.25) is 5.91 Å². The molecule has 1 saturated heterocycles. The average molecular weight is 227 g/mol. The van der Waals surface area contributed by atoms with Gasteiger partial charge in [-0.25, -0.2) is 0 Å². The van der Waals surface area contributed by atoms with E-state index in [0.717, 1.165) is 19.6 Å². The smallest absolute Gasteiger partial charge is 0.227 e. The van der Waals surface area contributed by atoms with Gasteiger partial charge in [0, 0.05) is 32.2 Å². The van der Waals surface area contributed by atoms with Crippen molar-refractivity contribution in [2.24, 2.45) is 17.6 Å². The third kappa shape index (κ3) is 2.95. The van der Waals surface area contributed by atoms with Crippen LogP contribution in [0.25, 0.3) is 0 Å². The highest BCUT2D eigenvalue weighted by molar-refractivity contribution is 5.79. The van der Waals surface area contributed by atoms with Gasteiger partial charge in [-0.15, -0.1) is 0 Å². The van der Waals surface area contributed by atoms with Gasteiger partial charge < -0.3 is 15.5 Å². The quantitative estimate of drug-likeness (QED) is 0.758. The Balaban J connectivity index is 2.65. The molecule has 0 aromatic heterocycles. The van der Waals surface area contributed by atoms with Gasteiger partial charge in [0.05, 0.1) is 5.92 Å². The van der Waals surface area contributed by atoms with Crippen LogP contribution in [0.1, 0.15) is 20.8 Å². The SMILES string of the molecule is CC(C)C(CN)C(=O)N1CCN(C)CC1C. The molecule has 1 fully saturated rings. The van der Waals surface area contributed by atoms with Crippen LogP contribution in [0.3, 0.4) is 0 Å². The van der Waals surface area contributed by atoms with E-state index in [0.29, 0.717) is 18.5 Å². The zero-order valence-corrected chi connectivity index (χ0v) is 10.9. The largest absolute Gasteiger partial charge is 0.337 e. The van der Waals surface area contributed by atoms with Gasteiger partial charge in [-0.1, -0.05) is 13.8 Å². The number of carbonyl (C=O) groups is 1. The standard InChI is InChI=1S/C12H25N3O/c1-9(2)11(7-13)12(16)15-6-5-14(4)8-10(15)3/h9-11H,5-8,13H2,1-4H3. The van der Waals surface area contributed by atoms with Crippen LogP contribution >= 0.6 is 0 Å². The molecule has 0 radical (unpaired) electrons. The van der Waals surface area contributed by atoms with E-state index < -0.39 is 0 Å². The summed E-state index contributed by atoms with van der Waals surface area (Å²) in [5.41, 5.74) is 5.70. The summed E-state index contributed by atoms with van der Waals surface area (Å²) >= 11 is 0. The molecule has 4 heteroatoms. The van der Waals surface area contributed by atoms with E-state index in [9.17, 15) is 4.79 Å². The minimum absolute atomic E-state index is 0.0224. The number of hydrogen-bond acceptors (Lipinski definition) is 3. The lowest BCUT2D eigenvalue weighted by Gasteiger charge is -2.40. The zero-order valence-electron chi connectivity index (χ0n) is 10.9. The number of carbonyl (C=O) groups excluding carboxylic acids is 1. The van der Waals surface area contributed by atoms with Crippen molar-refractivity contribution in [1.29, 1.82) is 0 Å². The van der Waals surface area contributed by atoms with Gasteiger partial charge in [-0.05, 0) is 19.9 Å². The topological polar surface area (TPSA) is 49.6 Å². The first kappa shape index (κ1) is 13.5. The van der Waals surface area contributed by atoms with Crippen LogP contribution < -0.4 is 5.73 Å². The van der Waals surface area contributed by atoms with Gasteiger partial charge in [0.25, 0.3) is 0 Å². The third-order valence-electron chi connectivity index (χ3n) is 3.49. The van der Waals surface area contributed by atoms with Crippen molar-refractivity contribution >= 4 is 5.91 Å². The number of rotatable bonds is 3. The predicted octanol–water partition coefficient (Wildman–Crippen LogP) is 0.380. The Kier molecular flexibility index (Phi) is 4.74. The average Bonchev–Trinajstić information content (AvgIpc) is 2.17. The van der Waals surface area contributed by atoms with Gasteiger partial charge in [-0.2, -0.15) is 0 Å². The van der Waals surface area contributed by atoms with Crippen LogP contribution in [0.4, 0.5) is 0 Å². The van der Waals surface area contributed by atoms with Crippen LogP contribution in [0.2, 0.25) is 0 Å². The maximum Gasteiger partial charge on any atom is 0.227 e. The highest BCUT2D eigenvalue weighted by atomic mass is 16.2. The Morgan fingerprint density at radius 3 is 2.50 bits per heavy atom. The normalized spacial score (nSPS) is 24.9. The molecule has 1 aliphatic rings. The van der Waals surface area contributed by atoms with Crippen molar-refractivity contribution < 1.29 is 4.79 Å². The molecule has 0 spiro atoms. The molecule has 1 aliphatic heterocycles. The Bertz CT molecular complexity index is 242. The fraction of sp³-hybridized carbons (Fsp3) is 0.917. The van der Waals surface area contributed by atoms with E-state index in [1.54, 1.807) is 0 Å². The van der Waals surface area contributed by atoms with Gasteiger partial charge in [0.1, 0.15) is 0 Å². The Labute approximate surface area is 98.8 Å². The monoisotopic (exact) mass is 227 g/mol. The lowest BCUT2D eigenvalue weighted by Crippen LogP contribution is -2.55. The Morgan fingerprint density at radius 1 is 1.44 bits per heavy atom. The van der Waals surface area contributed by atoms with Crippen molar-refractivity contribution in [2.45, 2.75) is 26.8 Å². The van der Waals surface area contributed by atoms with Crippen molar-refractivity contribution in [1.82, 2.24) is 9.80 Å². The summed E-state index contributed by atoms with van der Waals surface area (Å²) in [6.07, 6.45) is 0. The number of amides is 1. The van der Waals surface area contributed by atoms with E-state index in [4.69, 9.17) is 5.73 Å². The molecule has 1 amide bonds. The molecule has 0 aliphatic carbocycles. The molecule has 0 bridgehead atoms. The number of nitrogens with zero attached hydrogens (tertiary/aromatic N) is 2. The van der Waals surface area contributed by atoms with E-state index in [1.807, 2.05) is 4.90 Å². The molecule has 2 N–H and O–H groups in total. The summed E-state index contributed by atoms with van der Waals surface area (Å²) < 4.78 is 0. The second-order valence-corrected chi connectivity index (χ2v) is 5.23. The van der Waals surface area contributed by atoms with Crippen molar-refractivity contribution in [3.8, 4) is 0 Å². The number of likely N-dealkylation sites (N-methyl/N-ethyl adjacent to an activating group) is 1. The molecule has 2 atom stereocenters. The van der Waals surface area contributed by atoms with Crippen LogP contribution in [0.5, 0.6) is 0 Å². The Hall–Kier alpha value is -0.610. The summed E-state index contributed by atoms with van der Waals surface area (Å²) in [5.74, 6) is 0.535. The highest BCUT2D eigenvalue weighted by Gasteiger charge is 2.31. The number of nitrogens with two attached hydrogens (primary N) is 1. The van der Waals surface area contributed by atoms with Crippen LogP contribution in [-0.2, 0) is 4.79 Å². The van der Waals surface area contributed by atoms with E-state index in [2.05, 4.69) is 32.7 Å². The van der Waals surface area contributed by atoms with Crippen LogP contribution in [0.15, 0.2) is 0 Å². The molecule has 94 valence electrons. The molecular weight excluding hydrogens is 202 g/mol. The first-order valence-corrected chi connectivity index (χ1v) is 6.16. The van der Waals surface area contributed by atoms with Crippen molar-refractivity contribution in [3.63, 3.8) is 0 Å². The van der Waals surface area contributed by atoms with Gasteiger partial charge in [0.15, 0.2) is 0 Å². The summed E-state index contributed by atoms with van der Waals surface area (Å²) in [7, 11) is 2.10. The lowest BCUT2D eigenvalue weighted by atomic mass is 9.93. The highest BCUT2D eigenvalue weighted by Crippen LogP contribution is 2.17. The summed E-state index contributed by atoms with van der Waals surface area (Å²) in [5, 5.41) is 0. The van der Waals surface area contributed by atoms with Crippen LogP contribution in [0, 0.1) is 11.8 Å². The maximum absolute atomic E-state index is 12.3.